The molecule has 1 unspecified atom stereocenters. The summed E-state index contributed by atoms with van der Waals surface area (Å²) in [4.78, 5) is 12.4. The summed E-state index contributed by atoms with van der Waals surface area (Å²) in [6.07, 6.45) is 23.5. The number of rotatable bonds is 20. The van der Waals surface area contributed by atoms with Gasteiger partial charge in [0.25, 0.3) is 0 Å². The van der Waals surface area contributed by atoms with E-state index in [4.69, 9.17) is 0 Å². The minimum absolute atomic E-state index is 0. The first-order chi connectivity index (χ1) is 16.3. The van der Waals surface area contributed by atoms with E-state index in [9.17, 15) is 4.79 Å². The number of halogens is 1. The molecule has 1 amide bonds. The summed E-state index contributed by atoms with van der Waals surface area (Å²) in [6, 6.07) is 10.3. The van der Waals surface area contributed by atoms with Crippen molar-refractivity contribution in [3.8, 4) is 0 Å². The molecule has 0 aromatic heterocycles. The van der Waals surface area contributed by atoms with E-state index in [2.05, 4.69) is 41.8 Å². The van der Waals surface area contributed by atoms with Crippen molar-refractivity contribution >= 4 is 30.1 Å². The molecule has 1 aromatic carbocycles. The molecule has 0 aliphatic carbocycles. The lowest BCUT2D eigenvalue weighted by atomic mass is 10.0. The van der Waals surface area contributed by atoms with Crippen LogP contribution in [0.2, 0.25) is 0 Å². The lowest BCUT2D eigenvalue weighted by molar-refractivity contribution is -0.122. The Bertz CT molecular complexity index is 601. The number of benzene rings is 1. The monoisotopic (exact) mass is 510 g/mol. The summed E-state index contributed by atoms with van der Waals surface area (Å²) in [5.74, 6) is 1.02. The maximum absolute atomic E-state index is 12.4. The lowest BCUT2D eigenvalue weighted by Crippen LogP contribution is -2.42. The van der Waals surface area contributed by atoms with E-state index in [1.807, 2.05) is 17.8 Å². The third-order valence-electron chi connectivity index (χ3n) is 6.78. The first-order valence-electron chi connectivity index (χ1n) is 14.0. The lowest BCUT2D eigenvalue weighted by Gasteiger charge is -2.13. The normalized spacial score (nSPS) is 17.4. The molecular formula is C29H51ClN2OS. The molecule has 1 aliphatic heterocycles. The minimum atomic E-state index is -0.0639. The molecule has 3 nitrogen and oxygen atoms in total. The van der Waals surface area contributed by atoms with Gasteiger partial charge in [-0.1, -0.05) is 140 Å². The van der Waals surface area contributed by atoms with Crippen molar-refractivity contribution in [1.82, 2.24) is 10.6 Å². The molecule has 0 saturated carbocycles. The van der Waals surface area contributed by atoms with Crippen molar-refractivity contribution < 1.29 is 4.79 Å². The van der Waals surface area contributed by atoms with Gasteiger partial charge in [0.05, 0.1) is 11.4 Å². The van der Waals surface area contributed by atoms with Crippen LogP contribution in [-0.2, 0) is 4.79 Å². The quantitative estimate of drug-likeness (QED) is 0.172. The average Bonchev–Trinajstić information content (AvgIpc) is 3.34. The zero-order valence-corrected chi connectivity index (χ0v) is 23.3. The van der Waals surface area contributed by atoms with E-state index >= 15 is 0 Å². The maximum Gasteiger partial charge on any atom is 0.238 e. The number of carbonyl (C=O) groups excluding carboxylic acids is 1. The molecule has 5 heteroatoms. The first kappa shape index (κ1) is 31.3. The fourth-order valence-electron chi connectivity index (χ4n) is 4.63. The molecule has 34 heavy (non-hydrogen) atoms. The Morgan fingerprint density at radius 3 is 1.76 bits per heavy atom. The standard InChI is InChI=1S/C29H50N2OS.ClH/c1-2-3-4-5-6-7-8-9-10-11-12-13-14-15-16-17-21-24-30-28(32)27-25-33-29(31-27)26-22-19-18-20-23-26;/h18-20,22-23,27,29,31H,2-17,21,24-25H2,1H3,(H,30,32);1H/t27?,29-;/m1./s1. The molecule has 2 rings (SSSR count). The zero-order chi connectivity index (χ0) is 23.4. The molecular weight excluding hydrogens is 460 g/mol. The van der Waals surface area contributed by atoms with Crippen molar-refractivity contribution in [2.24, 2.45) is 0 Å². The van der Waals surface area contributed by atoms with Gasteiger partial charge in [0.15, 0.2) is 0 Å². The third-order valence-corrected chi connectivity index (χ3v) is 8.05. The largest absolute Gasteiger partial charge is 0.355 e. The Morgan fingerprint density at radius 2 is 1.26 bits per heavy atom. The van der Waals surface area contributed by atoms with Gasteiger partial charge in [0.2, 0.25) is 5.91 Å². The predicted octanol–water partition coefficient (Wildman–Crippen LogP) is 8.58. The van der Waals surface area contributed by atoms with Gasteiger partial charge in [0.1, 0.15) is 0 Å². The molecule has 1 heterocycles. The highest BCUT2D eigenvalue weighted by molar-refractivity contribution is 7.99. The van der Waals surface area contributed by atoms with Gasteiger partial charge in [0, 0.05) is 12.3 Å². The van der Waals surface area contributed by atoms with Crippen LogP contribution in [0.25, 0.3) is 0 Å². The van der Waals surface area contributed by atoms with E-state index in [0.717, 1.165) is 18.7 Å². The average molecular weight is 511 g/mol. The Morgan fingerprint density at radius 1 is 0.794 bits per heavy atom. The molecule has 0 bridgehead atoms. The van der Waals surface area contributed by atoms with Gasteiger partial charge in [-0.05, 0) is 12.0 Å². The fraction of sp³-hybridized carbons (Fsp3) is 0.759. The molecule has 1 aliphatic rings. The summed E-state index contributed by atoms with van der Waals surface area (Å²) in [6.45, 7) is 3.11. The Labute approximate surface area is 220 Å². The van der Waals surface area contributed by atoms with Crippen molar-refractivity contribution in [3.05, 3.63) is 35.9 Å². The van der Waals surface area contributed by atoms with E-state index in [1.54, 1.807) is 0 Å². The van der Waals surface area contributed by atoms with Crippen LogP contribution in [-0.4, -0.2) is 24.2 Å². The number of thioether (sulfide) groups is 1. The molecule has 1 aromatic rings. The van der Waals surface area contributed by atoms with E-state index in [1.165, 1.54) is 108 Å². The Balaban J connectivity index is 0.00000578. The van der Waals surface area contributed by atoms with Crippen molar-refractivity contribution in [1.29, 1.82) is 0 Å². The molecule has 2 atom stereocenters. The SMILES string of the molecule is CCCCCCCCCCCCCCCCCCCNC(=O)C1CS[C@H](c2ccccc2)N1.Cl. The van der Waals surface area contributed by atoms with Crippen LogP contribution < -0.4 is 10.6 Å². The molecule has 0 radical (unpaired) electrons. The van der Waals surface area contributed by atoms with Crippen LogP contribution >= 0.6 is 24.2 Å². The third kappa shape index (κ3) is 14.6. The van der Waals surface area contributed by atoms with Crippen LogP contribution in [0, 0.1) is 0 Å². The second-order valence-corrected chi connectivity index (χ2v) is 10.9. The number of hydrogen-bond donors (Lipinski definition) is 2. The molecule has 196 valence electrons. The fourth-order valence-corrected chi connectivity index (χ4v) is 5.87. The number of hydrogen-bond acceptors (Lipinski definition) is 3. The van der Waals surface area contributed by atoms with Gasteiger partial charge in [-0.2, -0.15) is 0 Å². The summed E-state index contributed by atoms with van der Waals surface area (Å²) in [5, 5.41) is 6.84. The summed E-state index contributed by atoms with van der Waals surface area (Å²) in [5.41, 5.74) is 1.26. The van der Waals surface area contributed by atoms with Crippen LogP contribution in [0.5, 0.6) is 0 Å². The summed E-state index contributed by atoms with van der Waals surface area (Å²) < 4.78 is 0. The number of nitrogens with one attached hydrogen (secondary N) is 2. The van der Waals surface area contributed by atoms with Gasteiger partial charge < -0.3 is 5.32 Å². The predicted molar refractivity (Wildman–Crippen MR) is 153 cm³/mol. The number of unbranched alkanes of at least 4 members (excludes halogenated alkanes) is 16. The minimum Gasteiger partial charge on any atom is -0.355 e. The topological polar surface area (TPSA) is 41.1 Å². The number of amides is 1. The summed E-state index contributed by atoms with van der Waals surface area (Å²) in [7, 11) is 0. The number of carbonyl (C=O) groups is 1. The molecule has 2 N–H and O–H groups in total. The van der Waals surface area contributed by atoms with E-state index in [-0.39, 0.29) is 29.7 Å². The molecule has 1 fully saturated rings. The van der Waals surface area contributed by atoms with Crippen molar-refractivity contribution in [2.75, 3.05) is 12.3 Å². The van der Waals surface area contributed by atoms with Crippen LogP contribution in [0.15, 0.2) is 30.3 Å². The Kier molecular flexibility index (Phi) is 19.9. The van der Waals surface area contributed by atoms with Gasteiger partial charge in [-0.15, -0.1) is 24.2 Å². The van der Waals surface area contributed by atoms with Gasteiger partial charge in [-0.3, -0.25) is 10.1 Å². The van der Waals surface area contributed by atoms with Gasteiger partial charge in [-0.25, -0.2) is 0 Å². The highest BCUT2D eigenvalue weighted by Gasteiger charge is 2.30. The van der Waals surface area contributed by atoms with Gasteiger partial charge >= 0.3 is 0 Å². The molecule has 0 spiro atoms. The first-order valence-corrected chi connectivity index (χ1v) is 15.1. The van der Waals surface area contributed by atoms with Crippen LogP contribution in [0.4, 0.5) is 0 Å². The van der Waals surface area contributed by atoms with Crippen LogP contribution in [0.3, 0.4) is 0 Å². The second kappa shape index (κ2) is 21.6. The van der Waals surface area contributed by atoms with E-state index in [0.29, 0.717) is 0 Å². The maximum atomic E-state index is 12.4. The zero-order valence-electron chi connectivity index (χ0n) is 21.7. The van der Waals surface area contributed by atoms with Crippen molar-refractivity contribution in [2.45, 2.75) is 127 Å². The second-order valence-electron chi connectivity index (χ2n) is 9.79. The van der Waals surface area contributed by atoms with Crippen LogP contribution in [0.1, 0.15) is 127 Å². The summed E-state index contributed by atoms with van der Waals surface area (Å²) >= 11 is 1.83. The molecule has 1 saturated heterocycles. The smallest absolute Gasteiger partial charge is 0.238 e. The Hall–Kier alpha value is -0.710. The highest BCUT2D eigenvalue weighted by Crippen LogP contribution is 2.32. The van der Waals surface area contributed by atoms with E-state index < -0.39 is 0 Å². The van der Waals surface area contributed by atoms with Crippen molar-refractivity contribution in [3.63, 3.8) is 0 Å². The highest BCUT2D eigenvalue weighted by atomic mass is 35.5.